The SMILES string of the molecule is CC1=C(C/C=C2/C(=O)OC[C@H]2O)[C@]2(C)CC[C@@H](OS(=O)(=O)[O-])[C@@](C)(CO)[C@H]2CC1.[K+]. The van der Waals surface area contributed by atoms with Crippen molar-refractivity contribution in [3.63, 3.8) is 0 Å². The Morgan fingerprint density at radius 1 is 1.33 bits per heavy atom. The molecule has 1 saturated carbocycles. The number of hydrogen-bond donors (Lipinski definition) is 2. The van der Waals surface area contributed by atoms with Gasteiger partial charge in [0, 0.05) is 5.41 Å². The van der Waals surface area contributed by atoms with Crippen molar-refractivity contribution in [1.29, 1.82) is 0 Å². The van der Waals surface area contributed by atoms with Crippen molar-refractivity contribution in [2.45, 2.75) is 65.1 Å². The first-order valence-electron chi connectivity index (χ1n) is 9.91. The van der Waals surface area contributed by atoms with Gasteiger partial charge in [0.2, 0.25) is 10.4 Å². The van der Waals surface area contributed by atoms with Gasteiger partial charge in [0.25, 0.3) is 0 Å². The van der Waals surface area contributed by atoms with Gasteiger partial charge in [-0.25, -0.2) is 13.2 Å². The van der Waals surface area contributed by atoms with Gasteiger partial charge in [-0.1, -0.05) is 31.1 Å². The molecule has 0 unspecified atom stereocenters. The zero-order valence-corrected chi connectivity index (χ0v) is 22.0. The molecule has 0 aromatic carbocycles. The molecule has 3 aliphatic rings. The minimum atomic E-state index is -4.88. The van der Waals surface area contributed by atoms with Crippen LogP contribution in [0.5, 0.6) is 0 Å². The van der Waals surface area contributed by atoms with Crippen molar-refractivity contribution in [3.05, 3.63) is 22.8 Å². The van der Waals surface area contributed by atoms with Gasteiger partial charge >= 0.3 is 57.4 Å². The third-order valence-corrected chi connectivity index (χ3v) is 7.77. The fourth-order valence-corrected chi connectivity index (χ4v) is 6.31. The summed E-state index contributed by atoms with van der Waals surface area (Å²) in [6.07, 6.45) is 2.80. The van der Waals surface area contributed by atoms with Crippen LogP contribution in [0.25, 0.3) is 0 Å². The van der Waals surface area contributed by atoms with Crippen LogP contribution >= 0.6 is 0 Å². The van der Waals surface area contributed by atoms with Gasteiger partial charge < -0.3 is 19.5 Å². The van der Waals surface area contributed by atoms with E-state index in [0.717, 1.165) is 18.4 Å². The van der Waals surface area contributed by atoms with E-state index in [1.165, 1.54) is 5.57 Å². The summed E-state index contributed by atoms with van der Waals surface area (Å²) in [5.41, 5.74) is 1.33. The summed E-state index contributed by atoms with van der Waals surface area (Å²) in [5.74, 6) is -0.607. The molecule has 1 heterocycles. The van der Waals surface area contributed by atoms with E-state index in [1.54, 1.807) is 13.0 Å². The zero-order chi connectivity index (χ0) is 21.6. The maximum Gasteiger partial charge on any atom is 1.00 e. The van der Waals surface area contributed by atoms with E-state index in [-0.39, 0.29) is 81.5 Å². The van der Waals surface area contributed by atoms with Crippen molar-refractivity contribution in [2.75, 3.05) is 13.2 Å². The van der Waals surface area contributed by atoms with E-state index < -0.39 is 34.0 Å². The molecule has 10 heteroatoms. The summed E-state index contributed by atoms with van der Waals surface area (Å²) in [7, 11) is -4.88. The fraction of sp³-hybridized carbons (Fsp3) is 0.750. The second-order valence-corrected chi connectivity index (χ2v) is 9.95. The second-order valence-electron chi connectivity index (χ2n) is 8.94. The molecule has 1 saturated heterocycles. The third-order valence-electron chi connectivity index (χ3n) is 7.31. The Morgan fingerprint density at radius 3 is 2.53 bits per heavy atom. The standard InChI is InChI=1S/C20H30O8S.K/c1-12-4-7-16-19(2,14(12)6-5-13-15(22)10-27-18(13)23)9-8-17(20(16,3)11-21)28-29(24,25)26;/h5,15-17,21-22H,4,6-11H2,1-3H3,(H,24,25,26);/q;+1/p-1/b13-5+;/t15-,16+,17-,19+,20+;/m1./s1. The molecule has 30 heavy (non-hydrogen) atoms. The predicted octanol–water partition coefficient (Wildman–Crippen LogP) is -1.40. The van der Waals surface area contributed by atoms with E-state index in [4.69, 9.17) is 8.92 Å². The van der Waals surface area contributed by atoms with Crippen molar-refractivity contribution in [1.82, 2.24) is 0 Å². The van der Waals surface area contributed by atoms with Crippen LogP contribution in [0.1, 0.15) is 52.9 Å². The summed E-state index contributed by atoms with van der Waals surface area (Å²) < 4.78 is 43.4. The quantitative estimate of drug-likeness (QED) is 0.126. The molecule has 2 N–H and O–H groups in total. The minimum Gasteiger partial charge on any atom is -0.726 e. The van der Waals surface area contributed by atoms with Gasteiger partial charge in [0.1, 0.15) is 12.7 Å². The molecule has 1 aliphatic heterocycles. The number of aliphatic hydroxyl groups excluding tert-OH is 2. The first kappa shape index (κ1) is 26.6. The van der Waals surface area contributed by atoms with Crippen molar-refractivity contribution in [2.24, 2.45) is 16.7 Å². The Morgan fingerprint density at radius 2 is 2.00 bits per heavy atom. The zero-order valence-electron chi connectivity index (χ0n) is 18.0. The van der Waals surface area contributed by atoms with Gasteiger partial charge in [-0.3, -0.25) is 4.18 Å². The average Bonchev–Trinajstić information content (AvgIpc) is 2.94. The molecule has 2 aliphatic carbocycles. The molecule has 0 bridgehead atoms. The smallest absolute Gasteiger partial charge is 0.726 e. The number of cyclic esters (lactones) is 1. The molecule has 0 radical (unpaired) electrons. The molecule has 3 rings (SSSR count). The normalized spacial score (nSPS) is 38.3. The maximum absolute atomic E-state index is 11.8. The number of fused-ring (bicyclic) bond motifs is 1. The number of rotatable bonds is 5. The summed E-state index contributed by atoms with van der Waals surface area (Å²) in [6, 6.07) is 0. The summed E-state index contributed by atoms with van der Waals surface area (Å²) >= 11 is 0. The Kier molecular flexibility index (Phi) is 8.61. The Hall–Kier alpha value is 0.376. The molecule has 0 spiro atoms. The van der Waals surface area contributed by atoms with E-state index in [9.17, 15) is 28.0 Å². The van der Waals surface area contributed by atoms with E-state index in [2.05, 4.69) is 6.92 Å². The van der Waals surface area contributed by atoms with Crippen LogP contribution in [0.4, 0.5) is 0 Å². The van der Waals surface area contributed by atoms with E-state index in [1.807, 2.05) is 6.92 Å². The number of ether oxygens (including phenoxy) is 1. The molecule has 0 amide bonds. The van der Waals surface area contributed by atoms with Crippen LogP contribution in [-0.4, -0.2) is 54.6 Å². The minimum absolute atomic E-state index is 0. The topological polar surface area (TPSA) is 133 Å². The van der Waals surface area contributed by atoms with E-state index in [0.29, 0.717) is 19.3 Å². The summed E-state index contributed by atoms with van der Waals surface area (Å²) in [6.45, 7) is 5.58. The first-order valence-corrected chi connectivity index (χ1v) is 11.2. The van der Waals surface area contributed by atoms with Crippen LogP contribution in [0.15, 0.2) is 22.8 Å². The van der Waals surface area contributed by atoms with Crippen LogP contribution in [0.2, 0.25) is 0 Å². The van der Waals surface area contributed by atoms with Crippen molar-refractivity contribution >= 4 is 16.4 Å². The predicted molar refractivity (Wildman–Crippen MR) is 102 cm³/mol. The molecule has 2 fully saturated rings. The monoisotopic (exact) mass is 468 g/mol. The Labute approximate surface area is 220 Å². The number of aliphatic hydroxyl groups is 2. The molecular weight excluding hydrogens is 439 g/mol. The number of carbonyl (C=O) groups is 1. The first-order chi connectivity index (χ1) is 13.4. The molecule has 0 aromatic rings. The number of hydrogen-bond acceptors (Lipinski definition) is 8. The number of carbonyl (C=O) groups excluding carboxylic acids is 1. The largest absolute Gasteiger partial charge is 1.00 e. The van der Waals surface area contributed by atoms with Gasteiger partial charge in [0.05, 0.1) is 18.3 Å². The van der Waals surface area contributed by atoms with Gasteiger partial charge in [-0.05, 0) is 50.4 Å². The second kappa shape index (κ2) is 9.70. The van der Waals surface area contributed by atoms with Crippen LogP contribution in [-0.2, 0) is 24.1 Å². The molecule has 5 atom stereocenters. The van der Waals surface area contributed by atoms with Gasteiger partial charge in [-0.15, -0.1) is 0 Å². The molecule has 164 valence electrons. The maximum atomic E-state index is 11.8. The van der Waals surface area contributed by atoms with Crippen LogP contribution in [0, 0.1) is 16.7 Å². The van der Waals surface area contributed by atoms with Crippen LogP contribution < -0.4 is 51.4 Å². The Balaban J connectivity index is 0.00000320. The number of allylic oxidation sites excluding steroid dienone is 3. The van der Waals surface area contributed by atoms with Crippen LogP contribution in [0.3, 0.4) is 0 Å². The van der Waals surface area contributed by atoms with Gasteiger partial charge in [0.15, 0.2) is 0 Å². The molecule has 8 nitrogen and oxygen atoms in total. The fourth-order valence-electron chi connectivity index (χ4n) is 5.71. The molecule has 0 aromatic heterocycles. The average molecular weight is 469 g/mol. The third kappa shape index (κ3) is 4.98. The van der Waals surface area contributed by atoms with Crippen molar-refractivity contribution in [3.8, 4) is 0 Å². The summed E-state index contributed by atoms with van der Waals surface area (Å²) in [5, 5.41) is 20.1. The Bertz CT molecular complexity index is 851. The molecular formula is C20H29KO8S. The number of esters is 1. The van der Waals surface area contributed by atoms with Crippen molar-refractivity contribution < 1.29 is 88.3 Å². The summed E-state index contributed by atoms with van der Waals surface area (Å²) in [4.78, 5) is 11.8. The van der Waals surface area contributed by atoms with E-state index >= 15 is 0 Å². The van der Waals surface area contributed by atoms with Gasteiger partial charge in [-0.2, -0.15) is 0 Å².